The second-order valence-corrected chi connectivity index (χ2v) is 6.03. The van der Waals surface area contributed by atoms with Crippen molar-refractivity contribution >= 4 is 34.5 Å². The summed E-state index contributed by atoms with van der Waals surface area (Å²) in [6.07, 6.45) is 1.93. The van der Waals surface area contributed by atoms with Gasteiger partial charge in [0, 0.05) is 29.2 Å². The summed E-state index contributed by atoms with van der Waals surface area (Å²) >= 11 is 1.58. The summed E-state index contributed by atoms with van der Waals surface area (Å²) in [5, 5.41) is 4.84. The molecule has 1 aliphatic heterocycles. The van der Waals surface area contributed by atoms with Gasteiger partial charge in [0.1, 0.15) is 0 Å². The van der Waals surface area contributed by atoms with Crippen LogP contribution in [0.1, 0.15) is 17.7 Å². The van der Waals surface area contributed by atoms with Crippen LogP contribution < -0.4 is 10.2 Å². The van der Waals surface area contributed by atoms with E-state index in [9.17, 15) is 9.59 Å². The molecule has 4 nitrogen and oxygen atoms in total. The molecule has 3 rings (SSSR count). The summed E-state index contributed by atoms with van der Waals surface area (Å²) < 4.78 is 0. The molecule has 1 aliphatic rings. The van der Waals surface area contributed by atoms with Gasteiger partial charge < -0.3 is 10.2 Å². The fourth-order valence-corrected chi connectivity index (χ4v) is 3.13. The normalized spacial score (nSPS) is 14.5. The lowest BCUT2D eigenvalue weighted by atomic mass is 10.2. The molecule has 108 valence electrons. The zero-order valence-corrected chi connectivity index (χ0v) is 12.4. The van der Waals surface area contributed by atoms with Crippen LogP contribution in [0.2, 0.25) is 0 Å². The van der Waals surface area contributed by atoms with Crippen molar-refractivity contribution in [2.45, 2.75) is 19.3 Å². The molecule has 1 aromatic heterocycles. The molecule has 0 bridgehead atoms. The van der Waals surface area contributed by atoms with Crippen molar-refractivity contribution in [2.24, 2.45) is 0 Å². The van der Waals surface area contributed by atoms with Crippen molar-refractivity contribution in [3.8, 4) is 0 Å². The molecule has 5 heteroatoms. The Bertz CT molecular complexity index is 635. The molecule has 0 radical (unpaired) electrons. The van der Waals surface area contributed by atoms with Gasteiger partial charge in [-0.2, -0.15) is 0 Å². The van der Waals surface area contributed by atoms with E-state index in [1.54, 1.807) is 16.2 Å². The first-order valence-corrected chi connectivity index (χ1v) is 7.83. The average Bonchev–Trinajstić information content (AvgIpc) is 3.11. The number of rotatable bonds is 4. The number of thiophene rings is 1. The lowest BCUT2D eigenvalue weighted by molar-refractivity contribution is -0.117. The van der Waals surface area contributed by atoms with Crippen LogP contribution in [0.5, 0.6) is 0 Å². The van der Waals surface area contributed by atoms with Gasteiger partial charge in [-0.15, -0.1) is 11.3 Å². The van der Waals surface area contributed by atoms with Crippen molar-refractivity contribution in [1.82, 2.24) is 0 Å². The van der Waals surface area contributed by atoms with Crippen LogP contribution >= 0.6 is 11.3 Å². The first kappa shape index (κ1) is 13.8. The van der Waals surface area contributed by atoms with E-state index in [1.807, 2.05) is 41.8 Å². The highest BCUT2D eigenvalue weighted by Crippen LogP contribution is 2.23. The molecule has 0 atom stereocenters. The Labute approximate surface area is 127 Å². The van der Waals surface area contributed by atoms with E-state index < -0.39 is 0 Å². The highest BCUT2D eigenvalue weighted by molar-refractivity contribution is 7.10. The van der Waals surface area contributed by atoms with Crippen LogP contribution in [-0.2, 0) is 16.0 Å². The minimum Gasteiger partial charge on any atom is -0.326 e. The summed E-state index contributed by atoms with van der Waals surface area (Å²) in [6.45, 7) is 0.781. The molecule has 2 amide bonds. The Hall–Kier alpha value is -2.14. The SMILES string of the molecule is O=C(Cc1cccs1)Nc1ccc(N2CCCC2=O)cc1. The Morgan fingerprint density at radius 2 is 2.05 bits per heavy atom. The van der Waals surface area contributed by atoms with Crippen molar-refractivity contribution in [3.63, 3.8) is 0 Å². The number of benzene rings is 1. The lowest BCUT2D eigenvalue weighted by Crippen LogP contribution is -2.23. The van der Waals surface area contributed by atoms with Crippen LogP contribution in [0.4, 0.5) is 11.4 Å². The highest BCUT2D eigenvalue weighted by atomic mass is 32.1. The minimum absolute atomic E-state index is 0.0255. The Balaban J connectivity index is 1.61. The van der Waals surface area contributed by atoms with E-state index in [4.69, 9.17) is 0 Å². The van der Waals surface area contributed by atoms with Crippen molar-refractivity contribution in [1.29, 1.82) is 0 Å². The minimum atomic E-state index is -0.0255. The largest absolute Gasteiger partial charge is 0.326 e. The molecule has 0 spiro atoms. The maximum absolute atomic E-state index is 11.9. The molecule has 2 heterocycles. The maximum Gasteiger partial charge on any atom is 0.229 e. The van der Waals surface area contributed by atoms with Gasteiger partial charge in [-0.1, -0.05) is 6.07 Å². The molecular formula is C16H16N2O2S. The summed E-state index contributed by atoms with van der Waals surface area (Å²) in [7, 11) is 0. The van der Waals surface area contributed by atoms with Crippen LogP contribution in [0.3, 0.4) is 0 Å². The number of amides is 2. The number of carbonyl (C=O) groups is 2. The second kappa shape index (κ2) is 6.10. The van der Waals surface area contributed by atoms with Gasteiger partial charge in [0.25, 0.3) is 0 Å². The number of nitrogens with one attached hydrogen (secondary N) is 1. The molecule has 1 aromatic carbocycles. The van der Waals surface area contributed by atoms with Gasteiger partial charge in [0.05, 0.1) is 6.42 Å². The summed E-state index contributed by atoms with van der Waals surface area (Å²) in [5.74, 6) is 0.145. The first-order valence-electron chi connectivity index (χ1n) is 6.95. The lowest BCUT2D eigenvalue weighted by Gasteiger charge is -2.16. The predicted molar refractivity (Wildman–Crippen MR) is 84.7 cm³/mol. The standard InChI is InChI=1S/C16H16N2O2S/c19-15(11-14-3-2-10-21-14)17-12-5-7-13(8-6-12)18-9-1-4-16(18)20/h2-3,5-8,10H,1,4,9,11H2,(H,17,19). The van der Waals surface area contributed by atoms with E-state index in [-0.39, 0.29) is 11.8 Å². The van der Waals surface area contributed by atoms with E-state index in [2.05, 4.69) is 5.32 Å². The Morgan fingerprint density at radius 1 is 1.24 bits per heavy atom. The van der Waals surface area contributed by atoms with Crippen LogP contribution in [0, 0.1) is 0 Å². The van der Waals surface area contributed by atoms with Gasteiger partial charge in [0.15, 0.2) is 0 Å². The quantitative estimate of drug-likeness (QED) is 0.943. The number of hydrogen-bond acceptors (Lipinski definition) is 3. The van der Waals surface area contributed by atoms with Crippen LogP contribution in [0.15, 0.2) is 41.8 Å². The van der Waals surface area contributed by atoms with Crippen molar-refractivity contribution < 1.29 is 9.59 Å². The number of anilines is 2. The molecule has 2 aromatic rings. The van der Waals surface area contributed by atoms with E-state index >= 15 is 0 Å². The van der Waals surface area contributed by atoms with E-state index in [1.165, 1.54) is 0 Å². The highest BCUT2D eigenvalue weighted by Gasteiger charge is 2.21. The zero-order chi connectivity index (χ0) is 14.7. The summed E-state index contributed by atoms with van der Waals surface area (Å²) in [4.78, 5) is 26.4. The third-order valence-electron chi connectivity index (χ3n) is 3.45. The molecular weight excluding hydrogens is 284 g/mol. The summed E-state index contributed by atoms with van der Waals surface area (Å²) in [6, 6.07) is 11.3. The van der Waals surface area contributed by atoms with Gasteiger partial charge in [-0.25, -0.2) is 0 Å². The van der Waals surface area contributed by atoms with Crippen LogP contribution in [-0.4, -0.2) is 18.4 Å². The van der Waals surface area contributed by atoms with Gasteiger partial charge in [-0.3, -0.25) is 9.59 Å². The summed E-state index contributed by atoms with van der Waals surface area (Å²) in [5.41, 5.74) is 1.65. The fourth-order valence-electron chi connectivity index (χ4n) is 2.42. The van der Waals surface area contributed by atoms with Gasteiger partial charge in [-0.05, 0) is 42.1 Å². The van der Waals surface area contributed by atoms with Crippen LogP contribution in [0.25, 0.3) is 0 Å². The average molecular weight is 300 g/mol. The fraction of sp³-hybridized carbons (Fsp3) is 0.250. The molecule has 21 heavy (non-hydrogen) atoms. The monoisotopic (exact) mass is 300 g/mol. The van der Waals surface area contributed by atoms with Gasteiger partial charge in [0.2, 0.25) is 11.8 Å². The molecule has 0 saturated carbocycles. The third-order valence-corrected chi connectivity index (χ3v) is 4.33. The van der Waals surface area contributed by atoms with Crippen molar-refractivity contribution in [2.75, 3.05) is 16.8 Å². The number of hydrogen-bond donors (Lipinski definition) is 1. The van der Waals surface area contributed by atoms with Crippen molar-refractivity contribution in [3.05, 3.63) is 46.7 Å². The molecule has 1 saturated heterocycles. The third kappa shape index (κ3) is 3.31. The zero-order valence-electron chi connectivity index (χ0n) is 11.5. The molecule has 1 N–H and O–H groups in total. The van der Waals surface area contributed by atoms with Gasteiger partial charge >= 0.3 is 0 Å². The Kier molecular flexibility index (Phi) is 4.01. The number of nitrogens with zero attached hydrogens (tertiary/aromatic N) is 1. The molecule has 1 fully saturated rings. The molecule has 0 unspecified atom stereocenters. The first-order chi connectivity index (χ1) is 10.2. The Morgan fingerprint density at radius 3 is 2.67 bits per heavy atom. The number of carbonyl (C=O) groups excluding carboxylic acids is 2. The predicted octanol–water partition coefficient (Wildman–Crippen LogP) is 3.06. The topological polar surface area (TPSA) is 49.4 Å². The van der Waals surface area contributed by atoms with E-state index in [0.29, 0.717) is 12.8 Å². The maximum atomic E-state index is 11.9. The molecule has 0 aliphatic carbocycles. The van der Waals surface area contributed by atoms with E-state index in [0.717, 1.165) is 29.2 Å². The smallest absolute Gasteiger partial charge is 0.229 e. The second-order valence-electron chi connectivity index (χ2n) is 5.00.